The van der Waals surface area contributed by atoms with Crippen LogP contribution in [0.5, 0.6) is 0 Å². The van der Waals surface area contributed by atoms with Gasteiger partial charge in [0.25, 0.3) is 0 Å². The predicted molar refractivity (Wildman–Crippen MR) is 207 cm³/mol. The van der Waals surface area contributed by atoms with Gasteiger partial charge in [0.1, 0.15) is 6.54 Å². The van der Waals surface area contributed by atoms with E-state index in [0.717, 1.165) is 25.7 Å². The SMILES string of the molecule is CCCCCCCCCCCCCCCCCCOC(=O)CC(C[N+](C)(C)C)OC(=O)CCCCCCCCCCCCCCCCC. The smallest absolute Gasteiger partial charge is 0.309 e. The Morgan fingerprint density at radius 1 is 0.438 bits per heavy atom. The van der Waals surface area contributed by atoms with Crippen LogP contribution in [0.15, 0.2) is 0 Å². The van der Waals surface area contributed by atoms with E-state index >= 15 is 0 Å². The van der Waals surface area contributed by atoms with Gasteiger partial charge < -0.3 is 14.0 Å². The van der Waals surface area contributed by atoms with Crippen LogP contribution < -0.4 is 0 Å². The Labute approximate surface area is 301 Å². The van der Waals surface area contributed by atoms with E-state index in [1.54, 1.807) is 0 Å². The maximum Gasteiger partial charge on any atom is 0.309 e. The first-order valence-corrected chi connectivity index (χ1v) is 21.4. The quantitative estimate of drug-likeness (QED) is 0.0370. The first-order chi connectivity index (χ1) is 23.3. The summed E-state index contributed by atoms with van der Waals surface area (Å²) in [4.78, 5) is 25.2. The van der Waals surface area contributed by atoms with Gasteiger partial charge in [-0.15, -0.1) is 0 Å². The molecule has 0 aromatic heterocycles. The molecule has 0 aliphatic carbocycles. The van der Waals surface area contributed by atoms with Crippen molar-refractivity contribution in [2.24, 2.45) is 0 Å². The van der Waals surface area contributed by atoms with Crippen molar-refractivity contribution >= 4 is 11.9 Å². The van der Waals surface area contributed by atoms with Crippen LogP contribution in [-0.4, -0.2) is 56.8 Å². The Kier molecular flexibility index (Phi) is 34.9. The van der Waals surface area contributed by atoms with Crippen molar-refractivity contribution in [3.05, 3.63) is 0 Å². The molecule has 0 bridgehead atoms. The number of unbranched alkanes of at least 4 members (excludes halogenated alkanes) is 29. The molecule has 5 heteroatoms. The average molecular weight is 681 g/mol. The minimum absolute atomic E-state index is 0.152. The maximum absolute atomic E-state index is 12.6. The molecule has 0 aromatic carbocycles. The van der Waals surface area contributed by atoms with Crippen LogP contribution in [0.25, 0.3) is 0 Å². The average Bonchev–Trinajstić information content (AvgIpc) is 3.03. The molecule has 1 unspecified atom stereocenters. The van der Waals surface area contributed by atoms with Gasteiger partial charge in [0.05, 0.1) is 34.2 Å². The minimum Gasteiger partial charge on any atom is -0.466 e. The van der Waals surface area contributed by atoms with Crippen molar-refractivity contribution < 1.29 is 23.5 Å². The van der Waals surface area contributed by atoms with Gasteiger partial charge in [0.15, 0.2) is 6.10 Å². The summed E-state index contributed by atoms with van der Waals surface area (Å²) in [6.45, 7) is 5.65. The molecular weight excluding hydrogens is 594 g/mol. The first-order valence-electron chi connectivity index (χ1n) is 21.4. The van der Waals surface area contributed by atoms with E-state index in [1.165, 1.54) is 173 Å². The number of rotatable bonds is 38. The molecular formula is C43H86NO4+. The molecule has 0 spiro atoms. The summed E-state index contributed by atoms with van der Waals surface area (Å²) in [5.74, 6) is -0.414. The minimum atomic E-state index is -0.424. The Hall–Kier alpha value is -1.10. The van der Waals surface area contributed by atoms with E-state index in [1.807, 2.05) is 0 Å². The second-order valence-electron chi connectivity index (χ2n) is 16.0. The fourth-order valence-corrected chi connectivity index (χ4v) is 6.72. The summed E-state index contributed by atoms with van der Waals surface area (Å²) in [6, 6.07) is 0. The first kappa shape index (κ1) is 46.9. The van der Waals surface area contributed by atoms with Gasteiger partial charge in [-0.25, -0.2) is 0 Å². The molecule has 48 heavy (non-hydrogen) atoms. The van der Waals surface area contributed by atoms with Gasteiger partial charge >= 0.3 is 11.9 Å². The molecule has 0 amide bonds. The highest BCUT2D eigenvalue weighted by molar-refractivity contribution is 5.72. The van der Waals surface area contributed by atoms with Crippen molar-refractivity contribution in [1.29, 1.82) is 0 Å². The monoisotopic (exact) mass is 681 g/mol. The highest BCUT2D eigenvalue weighted by Gasteiger charge is 2.25. The van der Waals surface area contributed by atoms with Gasteiger partial charge in [-0.05, 0) is 12.8 Å². The number of hydrogen-bond acceptors (Lipinski definition) is 4. The van der Waals surface area contributed by atoms with Crippen LogP contribution in [-0.2, 0) is 19.1 Å². The van der Waals surface area contributed by atoms with Crippen LogP contribution in [0.3, 0.4) is 0 Å². The van der Waals surface area contributed by atoms with Crippen LogP contribution in [0.4, 0.5) is 0 Å². The fraction of sp³-hybridized carbons (Fsp3) is 0.953. The molecule has 0 aliphatic rings. The summed E-state index contributed by atoms with van der Waals surface area (Å²) in [6.07, 6.45) is 41.1. The number of carbonyl (C=O) groups excluding carboxylic acids is 2. The van der Waals surface area contributed by atoms with Crippen molar-refractivity contribution in [3.8, 4) is 0 Å². The molecule has 0 aromatic rings. The van der Waals surface area contributed by atoms with Crippen molar-refractivity contribution in [2.75, 3.05) is 34.3 Å². The van der Waals surface area contributed by atoms with Gasteiger partial charge in [0.2, 0.25) is 0 Å². The van der Waals surface area contributed by atoms with Crippen molar-refractivity contribution in [2.45, 2.75) is 232 Å². The van der Waals surface area contributed by atoms with Crippen LogP contribution in [0.2, 0.25) is 0 Å². The standard InChI is InChI=1S/C43H86NO4/c1-6-8-10-12-14-16-18-20-22-24-26-28-30-32-34-36-38-47-43(46)39-41(40-44(3,4)5)48-42(45)37-35-33-31-29-27-25-23-21-19-17-15-13-11-9-7-2/h41H,6-40H2,1-5H3/q+1. The topological polar surface area (TPSA) is 52.6 Å². The molecule has 0 rings (SSSR count). The Balaban J connectivity index is 3.79. The number of ether oxygens (including phenoxy) is 2. The summed E-state index contributed by atoms with van der Waals surface area (Å²) >= 11 is 0. The molecule has 0 radical (unpaired) electrons. The lowest BCUT2D eigenvalue weighted by atomic mass is 10.0. The number of nitrogens with zero attached hydrogens (tertiary/aromatic N) is 1. The molecule has 0 saturated heterocycles. The largest absolute Gasteiger partial charge is 0.466 e. The third-order valence-corrected chi connectivity index (χ3v) is 9.69. The second kappa shape index (κ2) is 35.7. The molecule has 0 fully saturated rings. The Morgan fingerprint density at radius 2 is 0.750 bits per heavy atom. The lowest BCUT2D eigenvalue weighted by Gasteiger charge is -2.28. The van der Waals surface area contributed by atoms with Crippen molar-refractivity contribution in [1.82, 2.24) is 0 Å². The second-order valence-corrected chi connectivity index (χ2v) is 16.0. The van der Waals surface area contributed by atoms with Gasteiger partial charge in [-0.2, -0.15) is 0 Å². The summed E-state index contributed by atoms with van der Waals surface area (Å²) in [7, 11) is 6.20. The molecule has 0 saturated carbocycles. The predicted octanol–water partition coefficient (Wildman–Crippen LogP) is 13.1. The molecule has 1 atom stereocenters. The van der Waals surface area contributed by atoms with E-state index < -0.39 is 6.10 Å². The third kappa shape index (κ3) is 37.7. The summed E-state index contributed by atoms with van der Waals surface area (Å²) < 4.78 is 12.0. The Morgan fingerprint density at radius 3 is 1.08 bits per heavy atom. The molecule has 0 heterocycles. The molecule has 5 nitrogen and oxygen atoms in total. The number of quaternary nitrogens is 1. The summed E-state index contributed by atoms with van der Waals surface area (Å²) in [5, 5.41) is 0. The highest BCUT2D eigenvalue weighted by atomic mass is 16.6. The number of likely N-dealkylation sites (N-methyl/N-ethyl adjacent to an activating group) is 1. The zero-order valence-electron chi connectivity index (χ0n) is 33.4. The zero-order valence-corrected chi connectivity index (χ0v) is 33.4. The van der Waals surface area contributed by atoms with Crippen LogP contribution >= 0.6 is 0 Å². The highest BCUT2D eigenvalue weighted by Crippen LogP contribution is 2.16. The van der Waals surface area contributed by atoms with E-state index in [-0.39, 0.29) is 18.4 Å². The number of hydrogen-bond donors (Lipinski definition) is 0. The van der Waals surface area contributed by atoms with Gasteiger partial charge in [0, 0.05) is 6.42 Å². The number of esters is 2. The lowest BCUT2D eigenvalue weighted by Crippen LogP contribution is -2.44. The van der Waals surface area contributed by atoms with Gasteiger partial charge in [-0.3, -0.25) is 9.59 Å². The molecule has 286 valence electrons. The summed E-state index contributed by atoms with van der Waals surface area (Å²) in [5.41, 5.74) is 0. The molecule has 0 N–H and O–H groups in total. The number of carbonyl (C=O) groups is 2. The molecule has 0 aliphatic heterocycles. The van der Waals surface area contributed by atoms with E-state index in [0.29, 0.717) is 24.1 Å². The van der Waals surface area contributed by atoms with Crippen LogP contribution in [0, 0.1) is 0 Å². The van der Waals surface area contributed by atoms with Crippen molar-refractivity contribution in [3.63, 3.8) is 0 Å². The lowest BCUT2D eigenvalue weighted by molar-refractivity contribution is -0.873. The normalized spacial score (nSPS) is 12.4. The maximum atomic E-state index is 12.6. The third-order valence-electron chi connectivity index (χ3n) is 9.69. The van der Waals surface area contributed by atoms with E-state index in [9.17, 15) is 9.59 Å². The van der Waals surface area contributed by atoms with E-state index in [2.05, 4.69) is 35.0 Å². The fourth-order valence-electron chi connectivity index (χ4n) is 6.72. The van der Waals surface area contributed by atoms with E-state index in [4.69, 9.17) is 9.47 Å². The van der Waals surface area contributed by atoms with Gasteiger partial charge in [-0.1, -0.05) is 200 Å². The zero-order chi connectivity index (χ0) is 35.4. The Bertz CT molecular complexity index is 689. The van der Waals surface area contributed by atoms with Crippen LogP contribution in [0.1, 0.15) is 226 Å².